The Labute approximate surface area is 79.1 Å². The summed E-state index contributed by atoms with van der Waals surface area (Å²) in [7, 11) is 3.30. The van der Waals surface area contributed by atoms with E-state index < -0.39 is 6.04 Å². The Morgan fingerprint density at radius 3 is 2.08 bits per heavy atom. The standard InChI is InChI=1S/C9H18N2O2/c1-6(2)9(13)7(10)5-8(12)11(3)4/h6-7H,5,10H2,1-4H3. The van der Waals surface area contributed by atoms with Crippen LogP contribution in [0.2, 0.25) is 0 Å². The van der Waals surface area contributed by atoms with Crippen molar-refractivity contribution in [2.75, 3.05) is 14.1 Å². The minimum absolute atomic E-state index is 0.0600. The molecule has 13 heavy (non-hydrogen) atoms. The number of nitrogens with two attached hydrogens (primary N) is 1. The van der Waals surface area contributed by atoms with Gasteiger partial charge in [-0.05, 0) is 0 Å². The molecule has 4 heteroatoms. The molecular weight excluding hydrogens is 168 g/mol. The Hall–Kier alpha value is -0.900. The van der Waals surface area contributed by atoms with Crippen LogP contribution >= 0.6 is 0 Å². The third kappa shape index (κ3) is 4.03. The average Bonchev–Trinajstić information content (AvgIpc) is 2.02. The molecule has 0 aliphatic heterocycles. The van der Waals surface area contributed by atoms with E-state index in [2.05, 4.69) is 0 Å². The fraction of sp³-hybridized carbons (Fsp3) is 0.778. The molecule has 0 aliphatic carbocycles. The third-order valence-corrected chi connectivity index (χ3v) is 1.83. The van der Waals surface area contributed by atoms with Gasteiger partial charge in [-0.25, -0.2) is 0 Å². The first kappa shape index (κ1) is 12.1. The number of Topliss-reactive ketones (excluding diaryl/α,β-unsaturated/α-hetero) is 1. The average molecular weight is 186 g/mol. The maximum Gasteiger partial charge on any atom is 0.224 e. The quantitative estimate of drug-likeness (QED) is 0.673. The molecule has 0 radical (unpaired) electrons. The number of ketones is 1. The third-order valence-electron chi connectivity index (χ3n) is 1.83. The van der Waals surface area contributed by atoms with E-state index in [0.29, 0.717) is 0 Å². The number of hydrogen-bond acceptors (Lipinski definition) is 3. The zero-order valence-electron chi connectivity index (χ0n) is 8.70. The van der Waals surface area contributed by atoms with Crippen molar-refractivity contribution < 1.29 is 9.59 Å². The van der Waals surface area contributed by atoms with Gasteiger partial charge >= 0.3 is 0 Å². The van der Waals surface area contributed by atoms with E-state index in [9.17, 15) is 9.59 Å². The monoisotopic (exact) mass is 186 g/mol. The lowest BCUT2D eigenvalue weighted by Gasteiger charge is -2.15. The second kappa shape index (κ2) is 4.97. The van der Waals surface area contributed by atoms with Crippen molar-refractivity contribution in [3.63, 3.8) is 0 Å². The molecule has 4 nitrogen and oxygen atoms in total. The summed E-state index contributed by atoms with van der Waals surface area (Å²) in [6, 6.07) is -0.658. The summed E-state index contributed by atoms with van der Waals surface area (Å²) < 4.78 is 0. The van der Waals surface area contributed by atoms with Crippen molar-refractivity contribution in [1.82, 2.24) is 4.90 Å². The van der Waals surface area contributed by atoms with Crippen LogP contribution in [-0.4, -0.2) is 36.7 Å². The molecule has 0 rings (SSSR count). The van der Waals surface area contributed by atoms with Gasteiger partial charge in [-0.3, -0.25) is 9.59 Å². The minimum atomic E-state index is -0.658. The molecule has 76 valence electrons. The smallest absolute Gasteiger partial charge is 0.224 e. The number of carbonyl (C=O) groups is 2. The number of rotatable bonds is 4. The molecule has 0 fully saturated rings. The summed E-state index contributed by atoms with van der Waals surface area (Å²) in [4.78, 5) is 23.9. The summed E-state index contributed by atoms with van der Waals surface area (Å²) in [5.41, 5.74) is 5.56. The molecule has 1 amide bonds. The maximum atomic E-state index is 11.3. The summed E-state index contributed by atoms with van der Waals surface area (Å²) in [5.74, 6) is -0.276. The number of nitrogens with zero attached hydrogens (tertiary/aromatic N) is 1. The zero-order valence-corrected chi connectivity index (χ0v) is 8.70. The summed E-state index contributed by atoms with van der Waals surface area (Å²) in [5, 5.41) is 0. The molecule has 0 spiro atoms. The van der Waals surface area contributed by atoms with Gasteiger partial charge in [0, 0.05) is 26.4 Å². The Bertz CT molecular complexity index is 200. The van der Waals surface area contributed by atoms with E-state index in [1.165, 1.54) is 4.90 Å². The number of amides is 1. The Balaban J connectivity index is 4.08. The summed E-state index contributed by atoms with van der Waals surface area (Å²) in [6.45, 7) is 3.56. The molecule has 0 aromatic rings. The molecule has 0 bridgehead atoms. The van der Waals surface area contributed by atoms with Gasteiger partial charge < -0.3 is 10.6 Å². The molecule has 0 aromatic carbocycles. The van der Waals surface area contributed by atoms with Crippen molar-refractivity contribution >= 4 is 11.7 Å². The van der Waals surface area contributed by atoms with Gasteiger partial charge in [-0.15, -0.1) is 0 Å². The normalized spacial score (nSPS) is 12.8. The van der Waals surface area contributed by atoms with E-state index >= 15 is 0 Å². The number of carbonyl (C=O) groups excluding carboxylic acids is 2. The Morgan fingerprint density at radius 1 is 1.31 bits per heavy atom. The van der Waals surface area contributed by atoms with Crippen LogP contribution in [0.1, 0.15) is 20.3 Å². The van der Waals surface area contributed by atoms with Crippen molar-refractivity contribution in [3.8, 4) is 0 Å². The van der Waals surface area contributed by atoms with Crippen LogP contribution < -0.4 is 5.73 Å². The first-order valence-electron chi connectivity index (χ1n) is 4.35. The van der Waals surface area contributed by atoms with Crippen LogP contribution in [0.5, 0.6) is 0 Å². The van der Waals surface area contributed by atoms with Crippen molar-refractivity contribution in [2.24, 2.45) is 11.7 Å². The van der Waals surface area contributed by atoms with Crippen molar-refractivity contribution in [3.05, 3.63) is 0 Å². The van der Waals surface area contributed by atoms with Crippen LogP contribution in [-0.2, 0) is 9.59 Å². The van der Waals surface area contributed by atoms with Crippen LogP contribution in [0.3, 0.4) is 0 Å². The van der Waals surface area contributed by atoms with E-state index in [1.807, 2.05) is 0 Å². The minimum Gasteiger partial charge on any atom is -0.349 e. The van der Waals surface area contributed by atoms with Gasteiger partial charge in [-0.2, -0.15) is 0 Å². The molecule has 2 N–H and O–H groups in total. The van der Waals surface area contributed by atoms with Crippen LogP contribution in [0.15, 0.2) is 0 Å². The van der Waals surface area contributed by atoms with Gasteiger partial charge in [0.2, 0.25) is 5.91 Å². The van der Waals surface area contributed by atoms with Gasteiger partial charge in [0.25, 0.3) is 0 Å². The topological polar surface area (TPSA) is 63.4 Å². The predicted octanol–water partition coefficient (Wildman–Crippen LogP) is 0.0171. The highest BCUT2D eigenvalue weighted by Crippen LogP contribution is 2.02. The summed E-state index contributed by atoms with van der Waals surface area (Å²) >= 11 is 0. The molecule has 0 heterocycles. The summed E-state index contributed by atoms with van der Waals surface area (Å²) in [6.07, 6.45) is 0.101. The first-order valence-corrected chi connectivity index (χ1v) is 4.35. The molecule has 0 aliphatic rings. The fourth-order valence-corrected chi connectivity index (χ4v) is 0.899. The molecule has 1 unspecified atom stereocenters. The highest BCUT2D eigenvalue weighted by atomic mass is 16.2. The lowest BCUT2D eigenvalue weighted by molar-refractivity contribution is -0.132. The highest BCUT2D eigenvalue weighted by molar-refractivity contribution is 5.90. The largest absolute Gasteiger partial charge is 0.349 e. The molecular formula is C9H18N2O2. The maximum absolute atomic E-state index is 11.3. The fourth-order valence-electron chi connectivity index (χ4n) is 0.899. The number of hydrogen-bond donors (Lipinski definition) is 1. The predicted molar refractivity (Wildman–Crippen MR) is 51.1 cm³/mol. The molecule has 1 atom stereocenters. The molecule has 0 saturated carbocycles. The SMILES string of the molecule is CC(C)C(=O)C(N)CC(=O)N(C)C. The van der Waals surface area contributed by atoms with Crippen molar-refractivity contribution in [2.45, 2.75) is 26.3 Å². The van der Waals surface area contributed by atoms with E-state index in [0.717, 1.165) is 0 Å². The van der Waals surface area contributed by atoms with Crippen LogP contribution in [0.25, 0.3) is 0 Å². The van der Waals surface area contributed by atoms with E-state index in [1.54, 1.807) is 27.9 Å². The van der Waals surface area contributed by atoms with Crippen LogP contribution in [0, 0.1) is 5.92 Å². The Morgan fingerprint density at radius 2 is 1.77 bits per heavy atom. The second-order valence-corrected chi connectivity index (χ2v) is 3.66. The first-order chi connectivity index (χ1) is 5.86. The van der Waals surface area contributed by atoms with Crippen LogP contribution in [0.4, 0.5) is 0 Å². The zero-order chi connectivity index (χ0) is 10.6. The van der Waals surface area contributed by atoms with Gasteiger partial charge in [0.1, 0.15) is 0 Å². The second-order valence-electron chi connectivity index (χ2n) is 3.66. The van der Waals surface area contributed by atoms with Gasteiger partial charge in [0.15, 0.2) is 5.78 Å². The lowest BCUT2D eigenvalue weighted by atomic mass is 10.00. The highest BCUT2D eigenvalue weighted by Gasteiger charge is 2.20. The van der Waals surface area contributed by atoms with Gasteiger partial charge in [-0.1, -0.05) is 13.8 Å². The molecule has 0 saturated heterocycles. The Kier molecular flexibility index (Phi) is 4.62. The van der Waals surface area contributed by atoms with E-state index in [4.69, 9.17) is 5.73 Å². The van der Waals surface area contributed by atoms with Gasteiger partial charge in [0.05, 0.1) is 6.04 Å². The molecule has 0 aromatic heterocycles. The van der Waals surface area contributed by atoms with Crippen molar-refractivity contribution in [1.29, 1.82) is 0 Å². The van der Waals surface area contributed by atoms with E-state index in [-0.39, 0.29) is 24.0 Å². The lowest BCUT2D eigenvalue weighted by Crippen LogP contribution is -2.38.